The summed E-state index contributed by atoms with van der Waals surface area (Å²) in [7, 11) is 0. The largest absolute Gasteiger partial charge is 0.311 e. The quantitative estimate of drug-likeness (QED) is 0.654. The molecule has 1 N–H and O–H groups in total. The zero-order valence-corrected chi connectivity index (χ0v) is 7.59. The first-order chi connectivity index (χ1) is 6.95. The van der Waals surface area contributed by atoms with Crippen molar-refractivity contribution in [3.63, 3.8) is 0 Å². The highest BCUT2D eigenvalue weighted by atomic mass is 15.7. The monoisotopic (exact) mass is 190 g/mol. The van der Waals surface area contributed by atoms with Gasteiger partial charge < -0.3 is 5.32 Å². The predicted octanol–water partition coefficient (Wildman–Crippen LogP) is -0.568. The molecule has 1 aliphatic rings. The van der Waals surface area contributed by atoms with Gasteiger partial charge in [-0.2, -0.15) is 9.89 Å². The highest BCUT2D eigenvalue weighted by molar-refractivity contribution is 5.13. The highest BCUT2D eigenvalue weighted by Gasteiger charge is 2.17. The standard InChI is InChI=1S/C8H10N6/c1-3-10-13(5-1)14-8-2-4-9-6-7(8)11-12-14/h1,3,5,9H,2,4,6H2. The van der Waals surface area contributed by atoms with Crippen LogP contribution in [0.15, 0.2) is 18.5 Å². The summed E-state index contributed by atoms with van der Waals surface area (Å²) in [5.74, 6) is 0. The van der Waals surface area contributed by atoms with E-state index in [0.717, 1.165) is 30.9 Å². The first-order valence-corrected chi connectivity index (χ1v) is 4.59. The van der Waals surface area contributed by atoms with E-state index in [2.05, 4.69) is 20.7 Å². The van der Waals surface area contributed by atoms with Crippen LogP contribution in [-0.2, 0) is 13.0 Å². The Morgan fingerprint density at radius 2 is 2.43 bits per heavy atom. The molecule has 0 amide bonds. The maximum atomic E-state index is 4.12. The summed E-state index contributed by atoms with van der Waals surface area (Å²) in [5.41, 5.74) is 2.17. The molecule has 1 aliphatic heterocycles. The lowest BCUT2D eigenvalue weighted by Gasteiger charge is -2.12. The molecular weight excluding hydrogens is 180 g/mol. The molecule has 72 valence electrons. The lowest BCUT2D eigenvalue weighted by atomic mass is 10.2. The van der Waals surface area contributed by atoms with Crippen LogP contribution in [0.25, 0.3) is 0 Å². The Hall–Kier alpha value is -1.69. The lowest BCUT2D eigenvalue weighted by molar-refractivity contribution is 0.465. The van der Waals surface area contributed by atoms with Gasteiger partial charge in [0.2, 0.25) is 0 Å². The van der Waals surface area contributed by atoms with Gasteiger partial charge in [-0.15, -0.1) is 9.89 Å². The van der Waals surface area contributed by atoms with Gasteiger partial charge in [-0.25, -0.2) is 0 Å². The van der Waals surface area contributed by atoms with Crippen molar-refractivity contribution < 1.29 is 0 Å². The van der Waals surface area contributed by atoms with E-state index in [1.165, 1.54) is 0 Å². The number of nitrogens with zero attached hydrogens (tertiary/aromatic N) is 5. The molecule has 2 aromatic heterocycles. The molecule has 3 rings (SSSR count). The topological polar surface area (TPSA) is 60.6 Å². The Kier molecular flexibility index (Phi) is 1.60. The van der Waals surface area contributed by atoms with Gasteiger partial charge in [0.05, 0.1) is 18.1 Å². The summed E-state index contributed by atoms with van der Waals surface area (Å²) in [6.45, 7) is 1.78. The second-order valence-corrected chi connectivity index (χ2v) is 3.23. The summed E-state index contributed by atoms with van der Waals surface area (Å²) in [4.78, 5) is 3.44. The average Bonchev–Trinajstić information content (AvgIpc) is 2.85. The summed E-state index contributed by atoms with van der Waals surface area (Å²) in [5, 5.41) is 15.5. The van der Waals surface area contributed by atoms with Gasteiger partial charge in [-0.05, 0) is 11.3 Å². The second kappa shape index (κ2) is 2.91. The number of hydrogen-bond acceptors (Lipinski definition) is 4. The Labute approximate surface area is 80.5 Å². The SMILES string of the molecule is c1cnn(-n2nnc3c2CCNC3)c1. The van der Waals surface area contributed by atoms with Gasteiger partial charge in [0, 0.05) is 19.5 Å². The molecule has 2 aromatic rings. The van der Waals surface area contributed by atoms with Crippen LogP contribution < -0.4 is 5.32 Å². The molecular formula is C8H10N6. The molecule has 6 heteroatoms. The minimum atomic E-state index is 0.802. The third-order valence-corrected chi connectivity index (χ3v) is 2.34. The Morgan fingerprint density at radius 3 is 3.29 bits per heavy atom. The van der Waals surface area contributed by atoms with E-state index in [9.17, 15) is 0 Å². The van der Waals surface area contributed by atoms with Crippen molar-refractivity contribution in [3.05, 3.63) is 29.8 Å². The first kappa shape index (κ1) is 7.69. The maximum absolute atomic E-state index is 4.12. The van der Waals surface area contributed by atoms with Gasteiger partial charge in [0.15, 0.2) is 0 Å². The molecule has 6 nitrogen and oxygen atoms in total. The number of rotatable bonds is 1. The fraction of sp³-hybridized carbons (Fsp3) is 0.375. The third kappa shape index (κ3) is 1.04. The van der Waals surface area contributed by atoms with Crippen molar-refractivity contribution in [3.8, 4) is 0 Å². The van der Waals surface area contributed by atoms with E-state index in [4.69, 9.17) is 0 Å². The zero-order valence-electron chi connectivity index (χ0n) is 7.59. The summed E-state index contributed by atoms with van der Waals surface area (Å²) in [6, 6.07) is 1.87. The van der Waals surface area contributed by atoms with Gasteiger partial charge in [-0.3, -0.25) is 0 Å². The van der Waals surface area contributed by atoms with E-state index in [0.29, 0.717) is 0 Å². The molecule has 0 spiro atoms. The van der Waals surface area contributed by atoms with E-state index < -0.39 is 0 Å². The van der Waals surface area contributed by atoms with E-state index in [1.54, 1.807) is 15.8 Å². The minimum absolute atomic E-state index is 0.802. The molecule has 0 bridgehead atoms. The van der Waals surface area contributed by atoms with Crippen molar-refractivity contribution in [2.75, 3.05) is 6.54 Å². The van der Waals surface area contributed by atoms with Crippen molar-refractivity contribution in [2.45, 2.75) is 13.0 Å². The lowest BCUT2D eigenvalue weighted by Crippen LogP contribution is -2.26. The average molecular weight is 190 g/mol. The highest BCUT2D eigenvalue weighted by Crippen LogP contribution is 2.09. The molecule has 14 heavy (non-hydrogen) atoms. The van der Waals surface area contributed by atoms with Crippen LogP contribution >= 0.6 is 0 Å². The summed E-state index contributed by atoms with van der Waals surface area (Å²) < 4.78 is 0. The van der Waals surface area contributed by atoms with Crippen LogP contribution in [0.4, 0.5) is 0 Å². The van der Waals surface area contributed by atoms with Crippen LogP contribution in [0.2, 0.25) is 0 Å². The maximum Gasteiger partial charge on any atom is 0.102 e. The smallest absolute Gasteiger partial charge is 0.102 e. The summed E-state index contributed by atoms with van der Waals surface area (Å²) in [6.07, 6.45) is 4.54. The number of hydrogen-bond donors (Lipinski definition) is 1. The van der Waals surface area contributed by atoms with Crippen molar-refractivity contribution in [1.82, 2.24) is 30.3 Å². The molecule has 0 saturated carbocycles. The Bertz CT molecular complexity index is 429. The van der Waals surface area contributed by atoms with E-state index in [-0.39, 0.29) is 0 Å². The fourth-order valence-corrected chi connectivity index (χ4v) is 1.66. The van der Waals surface area contributed by atoms with Crippen LogP contribution in [0.1, 0.15) is 11.4 Å². The predicted molar refractivity (Wildman–Crippen MR) is 48.5 cm³/mol. The molecule has 3 heterocycles. The zero-order chi connectivity index (χ0) is 9.38. The summed E-state index contributed by atoms with van der Waals surface area (Å²) >= 11 is 0. The Balaban J connectivity index is 2.11. The molecule has 0 aromatic carbocycles. The van der Waals surface area contributed by atoms with Crippen LogP contribution in [0.3, 0.4) is 0 Å². The fourth-order valence-electron chi connectivity index (χ4n) is 1.66. The van der Waals surface area contributed by atoms with Crippen LogP contribution in [-0.4, -0.2) is 31.5 Å². The van der Waals surface area contributed by atoms with Gasteiger partial charge in [0.25, 0.3) is 0 Å². The molecule has 0 radical (unpaired) electrons. The molecule has 0 aliphatic carbocycles. The third-order valence-electron chi connectivity index (χ3n) is 2.34. The normalized spacial score (nSPS) is 15.4. The molecule has 0 fully saturated rings. The van der Waals surface area contributed by atoms with Crippen molar-refractivity contribution >= 4 is 0 Å². The van der Waals surface area contributed by atoms with Gasteiger partial charge in [-0.1, -0.05) is 0 Å². The van der Waals surface area contributed by atoms with Crippen molar-refractivity contribution in [2.24, 2.45) is 0 Å². The first-order valence-electron chi connectivity index (χ1n) is 4.59. The van der Waals surface area contributed by atoms with Crippen molar-refractivity contribution in [1.29, 1.82) is 0 Å². The molecule has 0 unspecified atom stereocenters. The second-order valence-electron chi connectivity index (χ2n) is 3.23. The molecule has 0 atom stereocenters. The van der Waals surface area contributed by atoms with Crippen LogP contribution in [0, 0.1) is 0 Å². The number of aromatic nitrogens is 5. The number of nitrogens with one attached hydrogen (secondary N) is 1. The van der Waals surface area contributed by atoms with E-state index in [1.807, 2.05) is 12.3 Å². The van der Waals surface area contributed by atoms with Gasteiger partial charge in [0.1, 0.15) is 5.69 Å². The van der Waals surface area contributed by atoms with Crippen LogP contribution in [0.5, 0.6) is 0 Å². The number of fused-ring (bicyclic) bond motifs is 1. The van der Waals surface area contributed by atoms with E-state index >= 15 is 0 Å². The molecule has 0 saturated heterocycles. The Morgan fingerprint density at radius 1 is 1.43 bits per heavy atom. The minimum Gasteiger partial charge on any atom is -0.311 e. The van der Waals surface area contributed by atoms with Gasteiger partial charge >= 0.3 is 0 Å².